The Balaban J connectivity index is 2.28. The molecule has 0 radical (unpaired) electrons. The van der Waals surface area contributed by atoms with E-state index in [1.54, 1.807) is 18.2 Å². The Morgan fingerprint density at radius 2 is 1.95 bits per heavy atom. The summed E-state index contributed by atoms with van der Waals surface area (Å²) in [7, 11) is 0. The SMILES string of the molecule is Cc1cccc(C(=O)Nc2ccc(C(N)=S)cc2Br)c1C. The fraction of sp³-hybridized carbons (Fsp3) is 0.125. The van der Waals surface area contributed by atoms with Gasteiger partial charge >= 0.3 is 0 Å². The monoisotopic (exact) mass is 362 g/mol. The molecule has 0 spiro atoms. The van der Waals surface area contributed by atoms with Crippen LogP contribution >= 0.6 is 28.1 Å². The summed E-state index contributed by atoms with van der Waals surface area (Å²) in [5.74, 6) is -0.139. The molecule has 0 saturated heterocycles. The molecule has 2 aromatic carbocycles. The lowest BCUT2D eigenvalue weighted by molar-refractivity contribution is 0.102. The molecular weight excluding hydrogens is 348 g/mol. The first kappa shape index (κ1) is 15.7. The van der Waals surface area contributed by atoms with Crippen LogP contribution < -0.4 is 11.1 Å². The minimum atomic E-state index is -0.139. The lowest BCUT2D eigenvalue weighted by Gasteiger charge is -2.11. The van der Waals surface area contributed by atoms with Crippen molar-refractivity contribution in [2.24, 2.45) is 5.73 Å². The summed E-state index contributed by atoms with van der Waals surface area (Å²) in [6.45, 7) is 3.92. The van der Waals surface area contributed by atoms with Gasteiger partial charge in [0.25, 0.3) is 5.91 Å². The van der Waals surface area contributed by atoms with Gasteiger partial charge in [0.1, 0.15) is 4.99 Å². The highest BCUT2D eigenvalue weighted by Gasteiger charge is 2.12. The summed E-state index contributed by atoms with van der Waals surface area (Å²) in [6.07, 6.45) is 0. The molecule has 0 aliphatic heterocycles. The number of benzene rings is 2. The number of aryl methyl sites for hydroxylation is 1. The minimum Gasteiger partial charge on any atom is -0.389 e. The second-order valence-electron chi connectivity index (χ2n) is 4.76. The highest BCUT2D eigenvalue weighted by atomic mass is 79.9. The third kappa shape index (κ3) is 3.49. The fourth-order valence-electron chi connectivity index (χ4n) is 1.96. The molecule has 1 amide bonds. The number of nitrogens with one attached hydrogen (secondary N) is 1. The van der Waals surface area contributed by atoms with Crippen LogP contribution in [0.25, 0.3) is 0 Å². The fourth-order valence-corrected chi connectivity index (χ4v) is 2.56. The molecule has 0 unspecified atom stereocenters. The summed E-state index contributed by atoms with van der Waals surface area (Å²) in [4.78, 5) is 12.7. The third-order valence-electron chi connectivity index (χ3n) is 3.35. The van der Waals surface area contributed by atoms with E-state index in [2.05, 4.69) is 21.2 Å². The van der Waals surface area contributed by atoms with E-state index in [0.29, 0.717) is 16.2 Å². The van der Waals surface area contributed by atoms with Crippen LogP contribution in [-0.2, 0) is 0 Å². The molecule has 0 fully saturated rings. The number of hydrogen-bond acceptors (Lipinski definition) is 2. The Morgan fingerprint density at radius 1 is 1.24 bits per heavy atom. The zero-order valence-electron chi connectivity index (χ0n) is 11.7. The summed E-state index contributed by atoms with van der Waals surface area (Å²) >= 11 is 8.35. The van der Waals surface area contributed by atoms with Gasteiger partial charge < -0.3 is 11.1 Å². The van der Waals surface area contributed by atoms with Crippen LogP contribution in [0, 0.1) is 13.8 Å². The van der Waals surface area contributed by atoms with Crippen LogP contribution in [0.4, 0.5) is 5.69 Å². The first-order valence-corrected chi connectivity index (χ1v) is 7.57. The molecule has 3 N–H and O–H groups in total. The van der Waals surface area contributed by atoms with Crippen molar-refractivity contribution in [1.82, 2.24) is 0 Å². The highest BCUT2D eigenvalue weighted by molar-refractivity contribution is 9.10. The maximum Gasteiger partial charge on any atom is 0.255 e. The zero-order chi connectivity index (χ0) is 15.6. The van der Waals surface area contributed by atoms with Gasteiger partial charge in [0.2, 0.25) is 0 Å². The number of anilines is 1. The zero-order valence-corrected chi connectivity index (χ0v) is 14.1. The van der Waals surface area contributed by atoms with E-state index in [1.165, 1.54) is 0 Å². The van der Waals surface area contributed by atoms with Crippen LogP contribution in [0.1, 0.15) is 27.0 Å². The Morgan fingerprint density at radius 3 is 2.57 bits per heavy atom. The average Bonchev–Trinajstić information content (AvgIpc) is 2.43. The second-order valence-corrected chi connectivity index (χ2v) is 6.05. The van der Waals surface area contributed by atoms with E-state index >= 15 is 0 Å². The van der Waals surface area contributed by atoms with Gasteiger partial charge in [0.15, 0.2) is 0 Å². The predicted octanol–water partition coefficient (Wildman–Crippen LogP) is 3.95. The molecule has 0 aliphatic rings. The average molecular weight is 363 g/mol. The lowest BCUT2D eigenvalue weighted by Crippen LogP contribution is -2.15. The van der Waals surface area contributed by atoms with Crippen molar-refractivity contribution in [3.8, 4) is 0 Å². The quantitative estimate of drug-likeness (QED) is 0.812. The van der Waals surface area contributed by atoms with Crippen molar-refractivity contribution in [3.63, 3.8) is 0 Å². The molecule has 3 nitrogen and oxygen atoms in total. The van der Waals surface area contributed by atoms with Gasteiger partial charge in [0.05, 0.1) is 5.69 Å². The summed E-state index contributed by atoms with van der Waals surface area (Å²) in [5, 5.41) is 2.89. The highest BCUT2D eigenvalue weighted by Crippen LogP contribution is 2.25. The second kappa shape index (κ2) is 6.37. The normalized spacial score (nSPS) is 10.2. The Labute approximate surface area is 137 Å². The summed E-state index contributed by atoms with van der Waals surface area (Å²) < 4.78 is 0.742. The Bertz CT molecular complexity index is 728. The van der Waals surface area contributed by atoms with Gasteiger partial charge in [-0.2, -0.15) is 0 Å². The number of amides is 1. The maximum atomic E-state index is 12.4. The molecule has 0 aromatic heterocycles. The topological polar surface area (TPSA) is 55.1 Å². The van der Waals surface area contributed by atoms with Gasteiger partial charge in [-0.25, -0.2) is 0 Å². The van der Waals surface area contributed by atoms with Crippen LogP contribution in [0.15, 0.2) is 40.9 Å². The van der Waals surface area contributed by atoms with Crippen LogP contribution in [0.2, 0.25) is 0 Å². The number of carbonyl (C=O) groups excluding carboxylic acids is 1. The van der Waals surface area contributed by atoms with E-state index in [4.69, 9.17) is 18.0 Å². The molecule has 108 valence electrons. The van der Waals surface area contributed by atoms with E-state index < -0.39 is 0 Å². The van der Waals surface area contributed by atoms with E-state index in [0.717, 1.165) is 21.2 Å². The largest absolute Gasteiger partial charge is 0.389 e. The smallest absolute Gasteiger partial charge is 0.255 e. The number of halogens is 1. The Hall–Kier alpha value is -1.72. The molecule has 2 rings (SSSR count). The van der Waals surface area contributed by atoms with Crippen molar-refractivity contribution in [2.45, 2.75) is 13.8 Å². The van der Waals surface area contributed by atoms with Crippen molar-refractivity contribution in [3.05, 3.63) is 63.1 Å². The lowest BCUT2D eigenvalue weighted by atomic mass is 10.0. The first-order valence-electron chi connectivity index (χ1n) is 6.37. The van der Waals surface area contributed by atoms with Gasteiger partial charge in [-0.3, -0.25) is 4.79 Å². The van der Waals surface area contributed by atoms with Crippen LogP contribution in [-0.4, -0.2) is 10.9 Å². The van der Waals surface area contributed by atoms with Gasteiger partial charge in [-0.15, -0.1) is 0 Å². The molecule has 0 atom stereocenters. The van der Waals surface area contributed by atoms with Gasteiger partial charge in [0, 0.05) is 15.6 Å². The van der Waals surface area contributed by atoms with Crippen molar-refractivity contribution < 1.29 is 4.79 Å². The van der Waals surface area contributed by atoms with Crippen LogP contribution in [0.3, 0.4) is 0 Å². The molecule has 0 heterocycles. The van der Waals surface area contributed by atoms with Gasteiger partial charge in [-0.1, -0.05) is 24.4 Å². The summed E-state index contributed by atoms with van der Waals surface area (Å²) in [6, 6.07) is 11.0. The van der Waals surface area contributed by atoms with Crippen molar-refractivity contribution in [2.75, 3.05) is 5.32 Å². The number of nitrogens with two attached hydrogens (primary N) is 1. The Kier molecular flexibility index (Phi) is 4.75. The van der Waals surface area contributed by atoms with Gasteiger partial charge in [-0.05, 0) is 65.2 Å². The van der Waals surface area contributed by atoms with E-state index in [-0.39, 0.29) is 5.91 Å². The number of carbonyl (C=O) groups is 1. The summed E-state index contributed by atoms with van der Waals surface area (Å²) in [5.41, 5.74) is 9.75. The van der Waals surface area contributed by atoms with Crippen molar-refractivity contribution >= 4 is 44.7 Å². The standard InChI is InChI=1S/C16H15BrN2OS/c1-9-4-3-5-12(10(9)2)16(20)19-14-7-6-11(15(18)21)8-13(14)17/h3-8H,1-2H3,(H2,18,21)(H,19,20). The van der Waals surface area contributed by atoms with E-state index in [9.17, 15) is 4.79 Å². The molecule has 0 saturated carbocycles. The van der Waals surface area contributed by atoms with E-state index in [1.807, 2.05) is 32.0 Å². The minimum absolute atomic E-state index is 0.139. The number of rotatable bonds is 3. The number of hydrogen-bond donors (Lipinski definition) is 2. The van der Waals surface area contributed by atoms with Crippen molar-refractivity contribution in [1.29, 1.82) is 0 Å². The molecular formula is C16H15BrN2OS. The predicted molar refractivity (Wildman–Crippen MR) is 93.9 cm³/mol. The number of thiocarbonyl (C=S) groups is 1. The maximum absolute atomic E-state index is 12.4. The molecule has 0 bridgehead atoms. The third-order valence-corrected chi connectivity index (χ3v) is 4.24. The molecule has 5 heteroatoms. The molecule has 21 heavy (non-hydrogen) atoms. The van der Waals surface area contributed by atoms with Crippen LogP contribution in [0.5, 0.6) is 0 Å². The molecule has 0 aliphatic carbocycles. The molecule has 2 aromatic rings. The first-order chi connectivity index (χ1) is 9.90.